The van der Waals surface area contributed by atoms with E-state index < -0.39 is 6.10 Å². The molecule has 0 radical (unpaired) electrons. The summed E-state index contributed by atoms with van der Waals surface area (Å²) in [6, 6.07) is 22.4. The molecule has 0 saturated heterocycles. The third-order valence-electron chi connectivity index (χ3n) is 5.62. The molecule has 3 aromatic carbocycles. The van der Waals surface area contributed by atoms with Crippen molar-refractivity contribution in [3.05, 3.63) is 100 Å². The molecule has 31 heavy (non-hydrogen) atoms. The molecule has 0 bridgehead atoms. The minimum absolute atomic E-state index is 0.134. The number of benzene rings is 3. The second-order valence-corrected chi connectivity index (χ2v) is 8.67. The van der Waals surface area contributed by atoms with Crippen LogP contribution in [0.1, 0.15) is 66.1 Å². The molecule has 3 heteroatoms. The number of amides is 1. The minimum atomic E-state index is -0.615. The Bertz CT molecular complexity index is 1040. The maximum Gasteiger partial charge on any atom is 0.261 e. The van der Waals surface area contributed by atoms with Crippen molar-refractivity contribution in [1.29, 1.82) is 0 Å². The molecule has 0 unspecified atom stereocenters. The molecule has 0 aliphatic heterocycles. The fourth-order valence-corrected chi connectivity index (χ4v) is 3.86. The Hall–Kier alpha value is -3.07. The number of hydrogen-bond donors (Lipinski definition) is 1. The van der Waals surface area contributed by atoms with Crippen molar-refractivity contribution in [3.63, 3.8) is 0 Å². The molecular weight excluding hydrogens is 382 g/mol. The Labute approximate surface area is 186 Å². The molecule has 0 heterocycles. The van der Waals surface area contributed by atoms with E-state index in [0.29, 0.717) is 5.92 Å². The van der Waals surface area contributed by atoms with Gasteiger partial charge in [0.25, 0.3) is 5.91 Å². The molecule has 1 N–H and O–H groups in total. The van der Waals surface area contributed by atoms with E-state index in [9.17, 15) is 4.79 Å². The van der Waals surface area contributed by atoms with Gasteiger partial charge in [-0.05, 0) is 67.5 Å². The van der Waals surface area contributed by atoms with Crippen LogP contribution in [0.3, 0.4) is 0 Å². The van der Waals surface area contributed by atoms with Crippen LogP contribution in [0, 0.1) is 20.8 Å². The van der Waals surface area contributed by atoms with Crippen LogP contribution in [0.2, 0.25) is 0 Å². The van der Waals surface area contributed by atoms with Crippen LogP contribution in [0.5, 0.6) is 5.75 Å². The van der Waals surface area contributed by atoms with Crippen molar-refractivity contribution in [3.8, 4) is 5.75 Å². The SMILES string of the molecule is Cc1ccc([C@H](NC(=O)[C@H](C)Oc2cc(C)ccc2C(C)C)c2ccccc2)c(C)c1. The number of rotatable bonds is 7. The van der Waals surface area contributed by atoms with Crippen molar-refractivity contribution in [2.45, 2.75) is 59.6 Å². The normalized spacial score (nSPS) is 13.0. The molecule has 3 nitrogen and oxygen atoms in total. The van der Waals surface area contributed by atoms with E-state index >= 15 is 0 Å². The third kappa shape index (κ3) is 5.55. The van der Waals surface area contributed by atoms with E-state index in [1.807, 2.05) is 50.2 Å². The van der Waals surface area contributed by atoms with Gasteiger partial charge < -0.3 is 10.1 Å². The van der Waals surface area contributed by atoms with Gasteiger partial charge >= 0.3 is 0 Å². The molecular formula is C28H33NO2. The first-order chi connectivity index (χ1) is 14.8. The molecule has 0 saturated carbocycles. The molecule has 162 valence electrons. The predicted octanol–water partition coefficient (Wildman–Crippen LogP) is 6.41. The van der Waals surface area contributed by atoms with Gasteiger partial charge in [0.1, 0.15) is 5.75 Å². The zero-order valence-electron chi connectivity index (χ0n) is 19.4. The zero-order chi connectivity index (χ0) is 22.5. The largest absolute Gasteiger partial charge is 0.481 e. The Morgan fingerprint density at radius 2 is 1.42 bits per heavy atom. The maximum atomic E-state index is 13.2. The molecule has 0 aliphatic rings. The van der Waals surface area contributed by atoms with Crippen LogP contribution in [0.25, 0.3) is 0 Å². The van der Waals surface area contributed by atoms with Crippen LogP contribution in [0.4, 0.5) is 0 Å². The van der Waals surface area contributed by atoms with E-state index in [1.54, 1.807) is 0 Å². The first kappa shape index (κ1) is 22.6. The molecule has 0 spiro atoms. The van der Waals surface area contributed by atoms with Crippen molar-refractivity contribution in [2.24, 2.45) is 0 Å². The van der Waals surface area contributed by atoms with E-state index in [4.69, 9.17) is 4.74 Å². The highest BCUT2D eigenvalue weighted by atomic mass is 16.5. The topological polar surface area (TPSA) is 38.3 Å². The van der Waals surface area contributed by atoms with E-state index in [-0.39, 0.29) is 11.9 Å². The Morgan fingerprint density at radius 1 is 0.806 bits per heavy atom. The van der Waals surface area contributed by atoms with Gasteiger partial charge in [-0.3, -0.25) is 4.79 Å². The zero-order valence-corrected chi connectivity index (χ0v) is 19.4. The first-order valence-corrected chi connectivity index (χ1v) is 11.0. The highest BCUT2D eigenvalue weighted by molar-refractivity contribution is 5.81. The number of hydrogen-bond acceptors (Lipinski definition) is 2. The van der Waals surface area contributed by atoms with Crippen LogP contribution in [-0.4, -0.2) is 12.0 Å². The van der Waals surface area contributed by atoms with Crippen molar-refractivity contribution in [1.82, 2.24) is 5.32 Å². The summed E-state index contributed by atoms with van der Waals surface area (Å²) in [6.45, 7) is 12.3. The smallest absolute Gasteiger partial charge is 0.261 e. The Kier molecular flexibility index (Phi) is 7.17. The lowest BCUT2D eigenvalue weighted by Crippen LogP contribution is -2.39. The van der Waals surface area contributed by atoms with Gasteiger partial charge in [-0.15, -0.1) is 0 Å². The monoisotopic (exact) mass is 415 g/mol. The second kappa shape index (κ2) is 9.82. The van der Waals surface area contributed by atoms with E-state index in [2.05, 4.69) is 63.3 Å². The second-order valence-electron chi connectivity index (χ2n) is 8.67. The average Bonchev–Trinajstić information content (AvgIpc) is 2.72. The van der Waals surface area contributed by atoms with Crippen LogP contribution < -0.4 is 10.1 Å². The summed E-state index contributed by atoms with van der Waals surface area (Å²) in [5, 5.41) is 3.23. The summed E-state index contributed by atoms with van der Waals surface area (Å²) in [6.07, 6.45) is -0.615. The van der Waals surface area contributed by atoms with Crippen molar-refractivity contribution >= 4 is 5.91 Å². The fourth-order valence-electron chi connectivity index (χ4n) is 3.86. The van der Waals surface area contributed by atoms with Gasteiger partial charge in [0.05, 0.1) is 6.04 Å². The number of carbonyl (C=O) groups is 1. The molecule has 0 aromatic heterocycles. The number of ether oxygens (including phenoxy) is 1. The van der Waals surface area contributed by atoms with Gasteiger partial charge in [-0.1, -0.05) is 80.1 Å². The molecule has 3 rings (SSSR count). The summed E-state index contributed by atoms with van der Waals surface area (Å²) < 4.78 is 6.16. The maximum absolute atomic E-state index is 13.2. The van der Waals surface area contributed by atoms with Crippen LogP contribution >= 0.6 is 0 Å². The third-order valence-corrected chi connectivity index (χ3v) is 5.62. The van der Waals surface area contributed by atoms with Gasteiger partial charge in [0.2, 0.25) is 0 Å². The lowest BCUT2D eigenvalue weighted by molar-refractivity contribution is -0.127. The standard InChI is InChI=1S/C28H33NO2/c1-18(2)24-14-12-20(4)17-26(24)31-22(6)28(30)29-27(23-10-8-7-9-11-23)25-15-13-19(3)16-21(25)5/h7-18,22,27H,1-6H3,(H,29,30)/t22-,27+/m0/s1. The Balaban J connectivity index is 1.86. The average molecular weight is 416 g/mol. The van der Waals surface area contributed by atoms with E-state index in [0.717, 1.165) is 33.6 Å². The Morgan fingerprint density at radius 3 is 2.03 bits per heavy atom. The number of nitrogens with one attached hydrogen (secondary N) is 1. The lowest BCUT2D eigenvalue weighted by Gasteiger charge is -2.25. The molecule has 3 aromatic rings. The van der Waals surface area contributed by atoms with E-state index in [1.165, 1.54) is 5.56 Å². The summed E-state index contributed by atoms with van der Waals surface area (Å²) in [7, 11) is 0. The molecule has 2 atom stereocenters. The fraction of sp³-hybridized carbons (Fsp3) is 0.321. The van der Waals surface area contributed by atoms with Crippen LogP contribution in [-0.2, 0) is 4.79 Å². The summed E-state index contributed by atoms with van der Waals surface area (Å²) in [5.41, 5.74) is 6.73. The van der Waals surface area contributed by atoms with Crippen molar-refractivity contribution in [2.75, 3.05) is 0 Å². The van der Waals surface area contributed by atoms with Gasteiger partial charge in [0, 0.05) is 0 Å². The highest BCUT2D eigenvalue weighted by Crippen LogP contribution is 2.29. The van der Waals surface area contributed by atoms with Gasteiger partial charge in [-0.2, -0.15) is 0 Å². The number of carbonyl (C=O) groups excluding carboxylic acids is 1. The predicted molar refractivity (Wildman–Crippen MR) is 128 cm³/mol. The molecule has 1 amide bonds. The van der Waals surface area contributed by atoms with Gasteiger partial charge in [0.15, 0.2) is 6.10 Å². The lowest BCUT2D eigenvalue weighted by atomic mass is 9.93. The summed E-state index contributed by atoms with van der Waals surface area (Å²) >= 11 is 0. The first-order valence-electron chi connectivity index (χ1n) is 11.0. The minimum Gasteiger partial charge on any atom is -0.481 e. The van der Waals surface area contributed by atoms with Gasteiger partial charge in [-0.25, -0.2) is 0 Å². The molecule has 0 aliphatic carbocycles. The summed E-state index contributed by atoms with van der Waals surface area (Å²) in [4.78, 5) is 13.2. The highest BCUT2D eigenvalue weighted by Gasteiger charge is 2.24. The van der Waals surface area contributed by atoms with Crippen molar-refractivity contribution < 1.29 is 9.53 Å². The quantitative estimate of drug-likeness (QED) is 0.484. The number of aryl methyl sites for hydroxylation is 3. The summed E-state index contributed by atoms with van der Waals surface area (Å²) in [5.74, 6) is 0.962. The van der Waals surface area contributed by atoms with Crippen LogP contribution in [0.15, 0.2) is 66.7 Å². The molecule has 0 fully saturated rings.